The third kappa shape index (κ3) is 4.99. The van der Waals surface area contributed by atoms with Crippen molar-refractivity contribution in [1.82, 2.24) is 30.3 Å². The van der Waals surface area contributed by atoms with Crippen LogP contribution in [0, 0.1) is 0 Å². The minimum atomic E-state index is -0.274. The third-order valence-electron chi connectivity index (χ3n) is 4.89. The first kappa shape index (κ1) is 19.7. The van der Waals surface area contributed by atoms with Gasteiger partial charge in [-0.2, -0.15) is 0 Å². The molecule has 0 spiro atoms. The summed E-state index contributed by atoms with van der Waals surface area (Å²) in [5.74, 6) is 0.697. The fourth-order valence-electron chi connectivity index (χ4n) is 3.40. The van der Waals surface area contributed by atoms with Gasteiger partial charge in [0.05, 0.1) is 12.1 Å². The zero-order valence-electron chi connectivity index (χ0n) is 16.3. The molecule has 2 heterocycles. The summed E-state index contributed by atoms with van der Waals surface area (Å²) < 4.78 is 1.79. The van der Waals surface area contributed by atoms with Gasteiger partial charge < -0.3 is 25.4 Å². The molecule has 1 aliphatic heterocycles. The number of amides is 4. The second-order valence-electron chi connectivity index (χ2n) is 7.02. The largest absolute Gasteiger partial charge is 0.336 e. The Morgan fingerprint density at radius 1 is 1.25 bits per heavy atom. The van der Waals surface area contributed by atoms with Crippen molar-refractivity contribution in [3.63, 3.8) is 0 Å². The highest BCUT2D eigenvalue weighted by molar-refractivity contribution is 5.89. The van der Waals surface area contributed by atoms with Crippen LogP contribution in [0.15, 0.2) is 36.7 Å². The number of hydrogen-bond donors (Lipinski definition) is 3. The highest BCUT2D eigenvalue weighted by Gasteiger charge is 2.28. The number of nitrogens with zero attached hydrogens (tertiary/aromatic N) is 4. The van der Waals surface area contributed by atoms with Gasteiger partial charge in [-0.25, -0.2) is 9.59 Å². The van der Waals surface area contributed by atoms with Gasteiger partial charge in [-0.1, -0.05) is 18.2 Å². The fraction of sp³-hybridized carbons (Fsp3) is 0.474. The molecule has 1 aromatic carbocycles. The lowest BCUT2D eigenvalue weighted by Crippen LogP contribution is -2.53. The number of nitrogens with one attached hydrogen (secondary N) is 3. The Labute approximate surface area is 164 Å². The first-order chi connectivity index (χ1) is 13.5. The van der Waals surface area contributed by atoms with Crippen LogP contribution in [0.2, 0.25) is 0 Å². The van der Waals surface area contributed by atoms with E-state index < -0.39 is 0 Å². The van der Waals surface area contributed by atoms with Crippen molar-refractivity contribution in [1.29, 1.82) is 0 Å². The molecule has 0 radical (unpaired) electrons. The maximum atomic E-state index is 12.8. The molecule has 9 heteroatoms. The van der Waals surface area contributed by atoms with Crippen molar-refractivity contribution in [2.45, 2.75) is 38.3 Å². The Morgan fingerprint density at radius 2 is 2.04 bits per heavy atom. The molecule has 150 valence electrons. The molecule has 9 nitrogen and oxygen atoms in total. The standard InChI is InChI=1S/C19H27N7O2/c1-14(17-24-21-13-25(17)2)22-19(28)26-11-7-6-10-16(26)12-20-18(27)23-15-8-4-3-5-9-15/h3-5,8-9,13-14,16H,6-7,10-12H2,1-2H3,(H,22,28)(H2,20,23,27)/t14-,16+/m1/s1. The summed E-state index contributed by atoms with van der Waals surface area (Å²) in [6.45, 7) is 2.96. The van der Waals surface area contributed by atoms with Crippen LogP contribution in [0.4, 0.5) is 15.3 Å². The average molecular weight is 385 g/mol. The Morgan fingerprint density at radius 3 is 2.75 bits per heavy atom. The van der Waals surface area contributed by atoms with E-state index in [9.17, 15) is 9.59 Å². The van der Waals surface area contributed by atoms with Gasteiger partial charge in [0.15, 0.2) is 5.82 Å². The zero-order valence-corrected chi connectivity index (χ0v) is 16.3. The molecule has 1 aromatic heterocycles. The first-order valence-electron chi connectivity index (χ1n) is 9.55. The van der Waals surface area contributed by atoms with E-state index in [1.807, 2.05) is 44.3 Å². The molecule has 0 saturated carbocycles. The Bertz CT molecular complexity index is 793. The quantitative estimate of drug-likeness (QED) is 0.734. The van der Waals surface area contributed by atoms with Crippen LogP contribution in [-0.4, -0.2) is 50.9 Å². The zero-order chi connectivity index (χ0) is 19.9. The summed E-state index contributed by atoms with van der Waals surface area (Å²) in [5, 5.41) is 16.6. The smallest absolute Gasteiger partial charge is 0.319 e. The Balaban J connectivity index is 1.53. The van der Waals surface area contributed by atoms with Gasteiger partial charge in [-0.05, 0) is 38.3 Å². The van der Waals surface area contributed by atoms with Crippen LogP contribution in [0.1, 0.15) is 38.1 Å². The van der Waals surface area contributed by atoms with Crippen LogP contribution in [0.3, 0.4) is 0 Å². The molecule has 28 heavy (non-hydrogen) atoms. The summed E-state index contributed by atoms with van der Waals surface area (Å²) in [4.78, 5) is 26.7. The number of rotatable bonds is 5. The maximum absolute atomic E-state index is 12.8. The molecular weight excluding hydrogens is 358 g/mol. The summed E-state index contributed by atoms with van der Waals surface area (Å²) in [6.07, 6.45) is 4.46. The van der Waals surface area contributed by atoms with Crippen LogP contribution in [-0.2, 0) is 7.05 Å². The second-order valence-corrected chi connectivity index (χ2v) is 7.02. The van der Waals surface area contributed by atoms with Gasteiger partial charge in [0.1, 0.15) is 6.33 Å². The number of carbonyl (C=O) groups excluding carboxylic acids is 2. The average Bonchev–Trinajstić information content (AvgIpc) is 3.13. The SMILES string of the molecule is C[C@@H](NC(=O)N1CCCC[C@H]1CNC(=O)Nc1ccccc1)c1nncn1C. The number of carbonyl (C=O) groups is 2. The molecule has 3 rings (SSSR count). The molecule has 3 N–H and O–H groups in total. The highest BCUT2D eigenvalue weighted by Crippen LogP contribution is 2.18. The summed E-state index contributed by atoms with van der Waals surface area (Å²) in [6, 6.07) is 8.56. The number of aryl methyl sites for hydroxylation is 1. The number of para-hydroxylation sites is 1. The predicted molar refractivity (Wildman–Crippen MR) is 106 cm³/mol. The Kier molecular flexibility index (Phi) is 6.46. The first-order valence-corrected chi connectivity index (χ1v) is 9.55. The van der Waals surface area contributed by atoms with E-state index in [-0.39, 0.29) is 24.1 Å². The minimum Gasteiger partial charge on any atom is -0.336 e. The lowest BCUT2D eigenvalue weighted by atomic mass is 10.0. The second kappa shape index (κ2) is 9.20. The van der Waals surface area contributed by atoms with Gasteiger partial charge in [0.2, 0.25) is 0 Å². The Hall–Kier alpha value is -3.10. The van der Waals surface area contributed by atoms with E-state index in [4.69, 9.17) is 0 Å². The van der Waals surface area contributed by atoms with Crippen molar-refractivity contribution in [2.24, 2.45) is 7.05 Å². The summed E-state index contributed by atoms with van der Waals surface area (Å²) in [5.41, 5.74) is 0.732. The van der Waals surface area contributed by atoms with Crippen molar-refractivity contribution in [3.8, 4) is 0 Å². The van der Waals surface area contributed by atoms with E-state index in [1.54, 1.807) is 15.8 Å². The van der Waals surface area contributed by atoms with Crippen molar-refractivity contribution >= 4 is 17.7 Å². The molecule has 1 aliphatic rings. The topological polar surface area (TPSA) is 104 Å². The number of likely N-dealkylation sites (tertiary alicyclic amines) is 1. The monoisotopic (exact) mass is 385 g/mol. The lowest BCUT2D eigenvalue weighted by molar-refractivity contribution is 0.147. The number of piperidine rings is 1. The molecule has 0 bridgehead atoms. The van der Waals surface area contributed by atoms with Crippen LogP contribution >= 0.6 is 0 Å². The molecule has 4 amide bonds. The van der Waals surface area contributed by atoms with Crippen LogP contribution in [0.25, 0.3) is 0 Å². The van der Waals surface area contributed by atoms with Gasteiger partial charge in [0, 0.05) is 25.8 Å². The summed E-state index contributed by atoms with van der Waals surface area (Å²) in [7, 11) is 1.84. The normalized spacial score (nSPS) is 17.6. The number of benzene rings is 1. The maximum Gasteiger partial charge on any atom is 0.319 e. The van der Waals surface area contributed by atoms with Crippen LogP contribution in [0.5, 0.6) is 0 Å². The van der Waals surface area contributed by atoms with Gasteiger partial charge >= 0.3 is 12.1 Å². The molecule has 1 saturated heterocycles. The van der Waals surface area contributed by atoms with Gasteiger partial charge in [-0.3, -0.25) is 0 Å². The molecule has 2 atom stereocenters. The predicted octanol–water partition coefficient (Wildman–Crippen LogP) is 2.26. The molecular formula is C19H27N7O2. The van der Waals surface area contributed by atoms with E-state index in [1.165, 1.54) is 0 Å². The number of hydrogen-bond acceptors (Lipinski definition) is 4. The highest BCUT2D eigenvalue weighted by atomic mass is 16.2. The van der Waals surface area contributed by atoms with E-state index >= 15 is 0 Å². The fourth-order valence-corrected chi connectivity index (χ4v) is 3.40. The number of anilines is 1. The third-order valence-corrected chi connectivity index (χ3v) is 4.89. The molecule has 1 fully saturated rings. The van der Waals surface area contributed by atoms with Gasteiger partial charge in [-0.15, -0.1) is 10.2 Å². The number of urea groups is 2. The lowest BCUT2D eigenvalue weighted by Gasteiger charge is -2.36. The van der Waals surface area contributed by atoms with E-state index in [0.29, 0.717) is 18.9 Å². The molecule has 0 aliphatic carbocycles. The van der Waals surface area contributed by atoms with E-state index in [0.717, 1.165) is 24.9 Å². The number of aromatic nitrogens is 3. The van der Waals surface area contributed by atoms with Crippen molar-refractivity contribution in [3.05, 3.63) is 42.5 Å². The van der Waals surface area contributed by atoms with Crippen molar-refractivity contribution in [2.75, 3.05) is 18.4 Å². The van der Waals surface area contributed by atoms with Crippen LogP contribution < -0.4 is 16.0 Å². The van der Waals surface area contributed by atoms with E-state index in [2.05, 4.69) is 26.1 Å². The minimum absolute atomic E-state index is 0.0398. The summed E-state index contributed by atoms with van der Waals surface area (Å²) >= 11 is 0. The van der Waals surface area contributed by atoms with Crippen molar-refractivity contribution < 1.29 is 9.59 Å². The van der Waals surface area contributed by atoms with Gasteiger partial charge in [0.25, 0.3) is 0 Å². The molecule has 0 unspecified atom stereocenters. The molecule has 2 aromatic rings.